The van der Waals surface area contributed by atoms with Gasteiger partial charge in [0.1, 0.15) is 27.8 Å². The number of rotatable bonds is 8. The molecule has 50 heavy (non-hydrogen) atoms. The Balaban J connectivity index is 0.000000178. The van der Waals surface area contributed by atoms with Crippen LogP contribution in [0.2, 0.25) is 0 Å². The largest absolute Gasteiger partial charge is 0.457 e. The highest BCUT2D eigenvalue weighted by molar-refractivity contribution is 7.89. The number of aryl methyl sites for hydroxylation is 1. The van der Waals surface area contributed by atoms with Gasteiger partial charge in [0.05, 0.1) is 17.0 Å². The molecule has 2 N–H and O–H groups in total. The Morgan fingerprint density at radius 3 is 2.06 bits per heavy atom. The molecule has 0 bridgehead atoms. The van der Waals surface area contributed by atoms with E-state index < -0.39 is 27.2 Å². The average Bonchev–Trinajstić information content (AvgIpc) is 3.74. The summed E-state index contributed by atoms with van der Waals surface area (Å²) in [6.45, 7) is 2.14. The van der Waals surface area contributed by atoms with Crippen LogP contribution in [0.4, 0.5) is 0 Å². The van der Waals surface area contributed by atoms with Crippen molar-refractivity contribution in [2.24, 2.45) is 5.14 Å². The highest BCUT2D eigenvalue weighted by atomic mass is 32.2. The number of benzene rings is 4. The van der Waals surface area contributed by atoms with Gasteiger partial charge in [-0.2, -0.15) is 0 Å². The molecule has 0 saturated carbocycles. The summed E-state index contributed by atoms with van der Waals surface area (Å²) >= 11 is 1.06. The second kappa shape index (κ2) is 14.7. The van der Waals surface area contributed by atoms with Crippen LogP contribution in [-0.2, 0) is 27.9 Å². The first-order valence-corrected chi connectivity index (χ1v) is 17.6. The summed E-state index contributed by atoms with van der Waals surface area (Å²) in [4.78, 5) is 38.2. The van der Waals surface area contributed by atoms with Crippen LogP contribution < -0.4 is 16.4 Å². The fourth-order valence-corrected chi connectivity index (χ4v) is 6.57. The Hall–Kier alpha value is -5.89. The van der Waals surface area contributed by atoms with E-state index in [2.05, 4.69) is 5.16 Å². The lowest BCUT2D eigenvalue weighted by Gasteiger charge is -2.05. The molecule has 0 spiro atoms. The SMILES string of the molecule is Cc1onc(-c2ccccc2)c1-c1ccc(S(N)(=O)=O)cc1.O=C(OCc1ccccc1)c1cn2c(=O)n(Cc3ccccc3)c(=O)cc2s1. The monoisotopic (exact) mass is 706 g/mol. The van der Waals surface area contributed by atoms with E-state index in [0.29, 0.717) is 10.6 Å². The van der Waals surface area contributed by atoms with Gasteiger partial charge in [-0.05, 0) is 35.7 Å². The third kappa shape index (κ3) is 7.70. The van der Waals surface area contributed by atoms with Crippen molar-refractivity contribution in [2.45, 2.75) is 25.0 Å². The van der Waals surface area contributed by atoms with Crippen molar-refractivity contribution in [3.63, 3.8) is 0 Å². The summed E-state index contributed by atoms with van der Waals surface area (Å²) in [7, 11) is -3.70. The minimum absolute atomic E-state index is 0.0756. The molecule has 252 valence electrons. The summed E-state index contributed by atoms with van der Waals surface area (Å²) in [5.41, 5.74) is 4.16. The minimum Gasteiger partial charge on any atom is -0.457 e. The van der Waals surface area contributed by atoms with Crippen LogP contribution in [-0.4, -0.2) is 28.5 Å². The van der Waals surface area contributed by atoms with Crippen molar-refractivity contribution in [3.8, 4) is 22.4 Å². The molecule has 13 heteroatoms. The standard InChI is InChI=1S/C21H16N2O4S.C16H14N2O3S/c24-18-11-19-23(21(26)22(18)12-15-7-3-1-4-8-15)13-17(28-19)20(25)27-14-16-9-5-2-6-10-16;1-11-15(12-7-9-14(10-8-12)22(17,19)20)16(18-21-11)13-5-3-2-4-6-13/h1-11,13H,12,14H2;2-10H,1H3,(H2,17,19,20). The van der Waals surface area contributed by atoms with Gasteiger partial charge in [-0.25, -0.2) is 23.1 Å². The van der Waals surface area contributed by atoms with Gasteiger partial charge in [0.25, 0.3) is 5.56 Å². The number of carbonyl (C=O) groups is 1. The van der Waals surface area contributed by atoms with Gasteiger partial charge in [0.15, 0.2) is 0 Å². The molecule has 4 aromatic carbocycles. The fraction of sp³-hybridized carbons (Fsp3) is 0.0811. The first-order valence-electron chi connectivity index (χ1n) is 15.2. The van der Waals surface area contributed by atoms with Crippen molar-refractivity contribution in [1.29, 1.82) is 0 Å². The quantitative estimate of drug-likeness (QED) is 0.192. The van der Waals surface area contributed by atoms with Crippen molar-refractivity contribution < 1.29 is 22.5 Å². The van der Waals surface area contributed by atoms with Crippen molar-refractivity contribution >= 4 is 32.2 Å². The molecule has 0 aliphatic carbocycles. The smallest absolute Gasteiger partial charge is 0.350 e. The number of hydrogen-bond acceptors (Lipinski definition) is 9. The van der Waals surface area contributed by atoms with Crippen LogP contribution in [0.15, 0.2) is 147 Å². The van der Waals surface area contributed by atoms with Crippen LogP contribution in [0, 0.1) is 6.92 Å². The maximum atomic E-state index is 12.7. The average molecular weight is 707 g/mol. The zero-order chi connectivity index (χ0) is 35.3. The van der Waals surface area contributed by atoms with Gasteiger partial charge in [-0.3, -0.25) is 13.8 Å². The highest BCUT2D eigenvalue weighted by Crippen LogP contribution is 2.34. The molecular weight excluding hydrogens is 677 g/mol. The number of carbonyl (C=O) groups excluding carboxylic acids is 1. The van der Waals surface area contributed by atoms with Gasteiger partial charge in [0, 0.05) is 17.8 Å². The topological polar surface area (TPSA) is 156 Å². The van der Waals surface area contributed by atoms with Crippen molar-refractivity contribution in [3.05, 3.63) is 170 Å². The molecule has 0 amide bonds. The number of ether oxygens (including phenoxy) is 1. The molecule has 0 radical (unpaired) electrons. The summed E-state index contributed by atoms with van der Waals surface area (Å²) in [5.74, 6) is 0.140. The highest BCUT2D eigenvalue weighted by Gasteiger charge is 2.18. The van der Waals surface area contributed by atoms with Crippen molar-refractivity contribution in [2.75, 3.05) is 0 Å². The van der Waals surface area contributed by atoms with E-state index in [4.69, 9.17) is 14.4 Å². The molecule has 0 aliphatic heterocycles. The molecule has 7 rings (SSSR count). The molecule has 0 atom stereocenters. The molecule has 3 aromatic heterocycles. The zero-order valence-electron chi connectivity index (χ0n) is 26.6. The van der Waals surface area contributed by atoms with Gasteiger partial charge in [-0.15, -0.1) is 11.3 Å². The van der Waals surface area contributed by atoms with Crippen LogP contribution >= 0.6 is 11.3 Å². The van der Waals surface area contributed by atoms with E-state index in [1.54, 1.807) is 12.1 Å². The molecule has 0 saturated heterocycles. The number of aromatic nitrogens is 3. The maximum absolute atomic E-state index is 12.7. The summed E-state index contributed by atoms with van der Waals surface area (Å²) in [5, 5.41) is 9.23. The molecular formula is C37H30N4O7S2. The Bertz CT molecular complexity index is 2490. The van der Waals surface area contributed by atoms with Crippen LogP contribution in [0.25, 0.3) is 27.2 Å². The molecule has 11 nitrogen and oxygen atoms in total. The lowest BCUT2D eigenvalue weighted by molar-refractivity contribution is 0.0478. The second-order valence-corrected chi connectivity index (χ2v) is 13.7. The number of sulfonamides is 1. The zero-order valence-corrected chi connectivity index (χ0v) is 28.3. The number of thiazole rings is 1. The molecule has 0 aliphatic rings. The third-order valence-corrected chi connectivity index (χ3v) is 9.57. The summed E-state index contributed by atoms with van der Waals surface area (Å²) in [6.07, 6.45) is 1.43. The second-order valence-electron chi connectivity index (χ2n) is 11.1. The normalized spacial score (nSPS) is 11.2. The Morgan fingerprint density at radius 2 is 1.44 bits per heavy atom. The number of hydrogen-bond donors (Lipinski definition) is 1. The van der Waals surface area contributed by atoms with Gasteiger partial charge in [0.2, 0.25) is 10.0 Å². The fourth-order valence-electron chi connectivity index (χ4n) is 5.14. The maximum Gasteiger partial charge on any atom is 0.350 e. The summed E-state index contributed by atoms with van der Waals surface area (Å²) < 4.78 is 35.7. The van der Waals surface area contributed by atoms with E-state index in [1.807, 2.05) is 97.9 Å². The first kappa shape index (κ1) is 34.0. The van der Waals surface area contributed by atoms with E-state index >= 15 is 0 Å². The number of primary sulfonamides is 1. The van der Waals surface area contributed by atoms with E-state index in [-0.39, 0.29) is 22.9 Å². The Labute approximate surface area is 290 Å². The predicted molar refractivity (Wildman–Crippen MR) is 190 cm³/mol. The molecule has 0 unspecified atom stereocenters. The lowest BCUT2D eigenvalue weighted by Crippen LogP contribution is -2.36. The number of fused-ring (bicyclic) bond motifs is 1. The molecule has 3 heterocycles. The summed E-state index contributed by atoms with van der Waals surface area (Å²) in [6, 6.07) is 36.0. The van der Waals surface area contributed by atoms with E-state index in [0.717, 1.165) is 49.4 Å². The number of nitrogens with two attached hydrogens (primary N) is 1. The van der Waals surface area contributed by atoms with Gasteiger partial charge >= 0.3 is 11.7 Å². The lowest BCUT2D eigenvalue weighted by atomic mass is 10.00. The van der Waals surface area contributed by atoms with Crippen LogP contribution in [0.1, 0.15) is 26.6 Å². The number of nitrogens with zero attached hydrogens (tertiary/aromatic N) is 3. The Kier molecular flexibility index (Phi) is 9.99. The minimum atomic E-state index is -3.70. The van der Waals surface area contributed by atoms with Crippen molar-refractivity contribution in [1.82, 2.24) is 14.1 Å². The molecule has 0 fully saturated rings. The van der Waals surface area contributed by atoms with E-state index in [1.165, 1.54) is 28.8 Å². The number of esters is 1. The van der Waals surface area contributed by atoms with Crippen LogP contribution in [0.5, 0.6) is 0 Å². The molecule has 7 aromatic rings. The van der Waals surface area contributed by atoms with Gasteiger partial charge in [-0.1, -0.05) is 108 Å². The van der Waals surface area contributed by atoms with Gasteiger partial charge < -0.3 is 9.26 Å². The van der Waals surface area contributed by atoms with Crippen LogP contribution in [0.3, 0.4) is 0 Å². The van der Waals surface area contributed by atoms with E-state index in [9.17, 15) is 22.8 Å². The Morgan fingerprint density at radius 1 is 0.840 bits per heavy atom. The first-order chi connectivity index (χ1) is 24.1. The predicted octanol–water partition coefficient (Wildman–Crippen LogP) is 5.89. The third-order valence-electron chi connectivity index (χ3n) is 7.63.